The molecule has 0 aromatic heterocycles. The van der Waals surface area contributed by atoms with Crippen LogP contribution in [-0.2, 0) is 14.0 Å². The lowest BCUT2D eigenvalue weighted by Gasteiger charge is -2.42. The zero-order valence-corrected chi connectivity index (χ0v) is 26.6. The predicted molar refractivity (Wildman–Crippen MR) is 174 cm³/mol. The van der Waals surface area contributed by atoms with E-state index in [4.69, 9.17) is 9.16 Å². The molecule has 5 rings (SSSR count). The van der Waals surface area contributed by atoms with Crippen molar-refractivity contribution in [2.75, 3.05) is 6.61 Å². The maximum atomic E-state index is 14.8. The molecule has 0 N–H and O–H groups in total. The summed E-state index contributed by atoms with van der Waals surface area (Å²) in [5, 5.41) is 3.27. The molecule has 6 heteroatoms. The van der Waals surface area contributed by atoms with E-state index in [1.165, 1.54) is 4.90 Å². The predicted octanol–water partition coefficient (Wildman–Crippen LogP) is 5.87. The van der Waals surface area contributed by atoms with Crippen molar-refractivity contribution in [3.8, 4) is 0 Å². The van der Waals surface area contributed by atoms with Gasteiger partial charge in [-0.1, -0.05) is 156 Å². The zero-order chi connectivity index (χ0) is 30.6. The molecule has 0 unspecified atom stereocenters. The lowest BCUT2D eigenvalue weighted by atomic mass is 9.83. The average Bonchev–Trinajstić information content (AvgIpc) is 3.43. The van der Waals surface area contributed by atoms with Gasteiger partial charge in [-0.15, -0.1) is 0 Å². The number of benzene rings is 4. The fourth-order valence-corrected chi connectivity index (χ4v) is 10.3. The van der Waals surface area contributed by atoms with Gasteiger partial charge in [0.05, 0.1) is 18.1 Å². The Hall–Kier alpha value is -4.00. The molecule has 0 aliphatic carbocycles. The number of carbonyl (C=O) groups is 2. The third-order valence-corrected chi connectivity index (χ3v) is 12.4. The molecule has 0 bridgehead atoms. The van der Waals surface area contributed by atoms with Gasteiger partial charge in [-0.3, -0.25) is 4.79 Å². The average molecular weight is 592 g/mol. The van der Waals surface area contributed by atoms with Crippen molar-refractivity contribution < 1.29 is 18.8 Å². The Kier molecular flexibility index (Phi) is 8.99. The summed E-state index contributed by atoms with van der Waals surface area (Å²) < 4.78 is 13.1. The SMILES string of the molecule is CC(C)[C@@H](O[Si](c1ccccc1)(c1ccccc1)c1ccccc1)[C@H](C(=O)N1C(=O)OC[C@@H]1C(C)(C)C)c1ccccc1. The molecule has 1 aliphatic rings. The number of cyclic esters (lactones) is 1. The van der Waals surface area contributed by atoms with Crippen LogP contribution in [0.4, 0.5) is 4.79 Å². The number of rotatable bonds is 9. The highest BCUT2D eigenvalue weighted by Gasteiger charge is 2.51. The summed E-state index contributed by atoms with van der Waals surface area (Å²) in [6, 6.07) is 40.5. The topological polar surface area (TPSA) is 55.8 Å². The molecule has 1 aliphatic heterocycles. The molecule has 1 saturated heterocycles. The van der Waals surface area contributed by atoms with Crippen molar-refractivity contribution in [1.82, 2.24) is 4.90 Å². The Balaban J connectivity index is 1.73. The van der Waals surface area contributed by atoms with Gasteiger partial charge in [0.1, 0.15) is 6.61 Å². The first-order valence-electron chi connectivity index (χ1n) is 15.0. The second-order valence-corrected chi connectivity index (χ2v) is 16.0. The zero-order valence-electron chi connectivity index (χ0n) is 25.6. The van der Waals surface area contributed by atoms with Gasteiger partial charge in [-0.25, -0.2) is 9.69 Å². The first kappa shape index (κ1) is 30.5. The lowest BCUT2D eigenvalue weighted by Crippen LogP contribution is -2.71. The van der Waals surface area contributed by atoms with E-state index in [1.54, 1.807) is 0 Å². The minimum Gasteiger partial charge on any atom is -0.447 e. The smallest absolute Gasteiger partial charge is 0.417 e. The Morgan fingerprint density at radius 1 is 0.767 bits per heavy atom. The van der Waals surface area contributed by atoms with Crippen LogP contribution in [0.3, 0.4) is 0 Å². The van der Waals surface area contributed by atoms with E-state index in [-0.39, 0.29) is 29.9 Å². The summed E-state index contributed by atoms with van der Waals surface area (Å²) in [4.78, 5) is 29.4. The molecule has 0 saturated carbocycles. The molecule has 43 heavy (non-hydrogen) atoms. The van der Waals surface area contributed by atoms with Gasteiger partial charge in [0.15, 0.2) is 0 Å². The van der Waals surface area contributed by atoms with Crippen LogP contribution in [0.25, 0.3) is 0 Å². The number of ether oxygens (including phenoxy) is 1. The molecule has 4 aromatic carbocycles. The molecule has 5 nitrogen and oxygen atoms in total. The second-order valence-electron chi connectivity index (χ2n) is 12.7. The minimum absolute atomic E-state index is 0.0659. The number of hydrogen-bond donors (Lipinski definition) is 0. The number of hydrogen-bond acceptors (Lipinski definition) is 4. The minimum atomic E-state index is -3.19. The molecule has 0 spiro atoms. The summed E-state index contributed by atoms with van der Waals surface area (Å²) >= 11 is 0. The first-order valence-corrected chi connectivity index (χ1v) is 16.9. The molecule has 2 amide bonds. The Labute approximate surface area is 256 Å². The molecule has 4 aromatic rings. The van der Waals surface area contributed by atoms with E-state index >= 15 is 0 Å². The van der Waals surface area contributed by atoms with E-state index in [2.05, 4.69) is 50.2 Å². The van der Waals surface area contributed by atoms with Crippen molar-refractivity contribution >= 4 is 35.9 Å². The van der Waals surface area contributed by atoms with Crippen molar-refractivity contribution in [3.63, 3.8) is 0 Å². The third-order valence-electron chi connectivity index (χ3n) is 8.37. The van der Waals surface area contributed by atoms with Crippen molar-refractivity contribution in [2.45, 2.75) is 52.7 Å². The fourth-order valence-electron chi connectivity index (χ4n) is 6.10. The van der Waals surface area contributed by atoms with Gasteiger partial charge in [0.25, 0.3) is 8.32 Å². The summed E-state index contributed by atoms with van der Waals surface area (Å²) in [7, 11) is -3.19. The maximum Gasteiger partial charge on any atom is 0.417 e. The lowest BCUT2D eigenvalue weighted by molar-refractivity contribution is -0.135. The fraction of sp³-hybridized carbons (Fsp3) is 0.297. The summed E-state index contributed by atoms with van der Waals surface area (Å²) in [6.45, 7) is 10.5. The molecular formula is C37H41NO4Si. The molecule has 0 radical (unpaired) electrons. The van der Waals surface area contributed by atoms with Crippen LogP contribution in [0.2, 0.25) is 0 Å². The number of nitrogens with zero attached hydrogens (tertiary/aromatic N) is 1. The quantitative estimate of drug-likeness (QED) is 0.180. The van der Waals surface area contributed by atoms with Crippen molar-refractivity contribution in [1.29, 1.82) is 0 Å². The van der Waals surface area contributed by atoms with Gasteiger partial charge in [0.2, 0.25) is 5.91 Å². The number of imide groups is 1. The highest BCUT2D eigenvalue weighted by atomic mass is 28.4. The summed E-state index contributed by atoms with van der Waals surface area (Å²) in [6.07, 6.45) is -1.15. The second kappa shape index (κ2) is 12.7. The van der Waals surface area contributed by atoms with Crippen LogP contribution in [0.1, 0.15) is 46.1 Å². The normalized spacial score (nSPS) is 17.0. The monoisotopic (exact) mass is 591 g/mol. The summed E-state index contributed by atoms with van der Waals surface area (Å²) in [5.74, 6) is -1.09. The Morgan fingerprint density at radius 3 is 1.58 bits per heavy atom. The van der Waals surface area contributed by atoms with Gasteiger partial charge < -0.3 is 9.16 Å². The largest absolute Gasteiger partial charge is 0.447 e. The van der Waals surface area contributed by atoms with E-state index in [0.717, 1.165) is 21.1 Å². The number of amides is 2. The number of carbonyl (C=O) groups excluding carboxylic acids is 2. The van der Waals surface area contributed by atoms with Crippen LogP contribution in [0.5, 0.6) is 0 Å². The van der Waals surface area contributed by atoms with Gasteiger partial charge in [0, 0.05) is 0 Å². The van der Waals surface area contributed by atoms with E-state index in [1.807, 2.05) is 106 Å². The Morgan fingerprint density at radius 2 is 1.19 bits per heavy atom. The molecule has 222 valence electrons. The molecule has 1 heterocycles. The molecule has 3 atom stereocenters. The molecular weight excluding hydrogens is 550 g/mol. The van der Waals surface area contributed by atoms with Crippen molar-refractivity contribution in [3.05, 3.63) is 127 Å². The summed E-state index contributed by atoms with van der Waals surface area (Å²) in [5.41, 5.74) is 0.462. The van der Waals surface area contributed by atoms with Crippen LogP contribution < -0.4 is 15.6 Å². The van der Waals surface area contributed by atoms with E-state index in [9.17, 15) is 9.59 Å². The van der Waals surface area contributed by atoms with Crippen LogP contribution in [0, 0.1) is 11.3 Å². The maximum absolute atomic E-state index is 14.8. The Bertz CT molecular complexity index is 1410. The van der Waals surface area contributed by atoms with Gasteiger partial charge >= 0.3 is 6.09 Å². The first-order chi connectivity index (χ1) is 20.6. The highest BCUT2D eigenvalue weighted by Crippen LogP contribution is 2.36. The van der Waals surface area contributed by atoms with Gasteiger partial charge in [-0.2, -0.15) is 0 Å². The van der Waals surface area contributed by atoms with E-state index < -0.39 is 26.4 Å². The molecule has 1 fully saturated rings. The van der Waals surface area contributed by atoms with Crippen LogP contribution >= 0.6 is 0 Å². The highest BCUT2D eigenvalue weighted by molar-refractivity contribution is 7.07. The third kappa shape index (κ3) is 6.08. The van der Waals surface area contributed by atoms with Crippen LogP contribution in [-0.4, -0.2) is 44.0 Å². The van der Waals surface area contributed by atoms with Crippen molar-refractivity contribution in [2.24, 2.45) is 11.3 Å². The van der Waals surface area contributed by atoms with E-state index in [0.29, 0.717) is 0 Å². The standard InChI is InChI=1S/C37H41NO4Si/c1-27(2)34(33(28-18-10-6-11-19-28)35(39)38-32(37(3,4)5)26-41-36(38)40)42-43(29-20-12-7-13-21-29,30-22-14-8-15-23-30)31-24-16-9-17-25-31/h6-25,27,32-34H,26H2,1-5H3/t32-,33-,34-/m1/s1. The van der Waals surface area contributed by atoms with Gasteiger partial charge in [-0.05, 0) is 32.5 Å². The van der Waals surface area contributed by atoms with Crippen LogP contribution in [0.15, 0.2) is 121 Å².